The van der Waals surface area contributed by atoms with Gasteiger partial charge in [0.05, 0.1) is 0 Å². The molecule has 0 atom stereocenters. The Labute approximate surface area is 93.2 Å². The molecule has 0 radical (unpaired) electrons. The molecule has 1 heterocycles. The molecule has 2 heteroatoms. The van der Waals surface area contributed by atoms with Gasteiger partial charge in [-0.05, 0) is 24.8 Å². The molecule has 1 aromatic heterocycles. The van der Waals surface area contributed by atoms with Crippen molar-refractivity contribution in [3.05, 3.63) is 23.8 Å². The smallest absolute Gasteiger partial charge is 0.115 e. The second kappa shape index (κ2) is 4.73. The lowest BCUT2D eigenvalue weighted by atomic mass is 9.91. The van der Waals surface area contributed by atoms with Crippen LogP contribution in [0.3, 0.4) is 0 Å². The summed E-state index contributed by atoms with van der Waals surface area (Å²) >= 11 is 0. The molecule has 0 amide bonds. The van der Waals surface area contributed by atoms with Crippen molar-refractivity contribution < 1.29 is 0 Å². The normalized spacial score (nSPS) is 12.1. The minimum absolute atomic E-state index is 0.121. The van der Waals surface area contributed by atoms with Crippen molar-refractivity contribution in [2.24, 2.45) is 5.92 Å². The van der Waals surface area contributed by atoms with Gasteiger partial charge in [0.1, 0.15) is 6.33 Å². The maximum atomic E-state index is 4.33. The molecule has 0 aliphatic heterocycles. The van der Waals surface area contributed by atoms with Gasteiger partial charge in [0.2, 0.25) is 0 Å². The fourth-order valence-electron chi connectivity index (χ4n) is 1.38. The van der Waals surface area contributed by atoms with E-state index < -0.39 is 0 Å². The van der Waals surface area contributed by atoms with Crippen LogP contribution in [-0.4, -0.2) is 9.97 Å². The molecule has 0 aliphatic rings. The third-order valence-electron chi connectivity index (χ3n) is 2.47. The molecular weight excluding hydrogens is 184 g/mol. The third-order valence-corrected chi connectivity index (χ3v) is 2.47. The number of nitrogens with zero attached hydrogens (tertiary/aromatic N) is 2. The topological polar surface area (TPSA) is 25.8 Å². The zero-order valence-corrected chi connectivity index (χ0v) is 10.5. The van der Waals surface area contributed by atoms with Crippen molar-refractivity contribution in [3.8, 4) is 0 Å². The molecule has 15 heavy (non-hydrogen) atoms. The summed E-state index contributed by atoms with van der Waals surface area (Å²) in [6, 6.07) is 2.14. The average Bonchev–Trinajstić information content (AvgIpc) is 2.14. The highest BCUT2D eigenvalue weighted by molar-refractivity contribution is 5.15. The lowest BCUT2D eigenvalue weighted by molar-refractivity contribution is 0.556. The zero-order valence-electron chi connectivity index (χ0n) is 10.5. The first-order valence-corrected chi connectivity index (χ1v) is 5.71. The van der Waals surface area contributed by atoms with E-state index in [4.69, 9.17) is 0 Å². The van der Waals surface area contributed by atoms with Gasteiger partial charge in [0.25, 0.3) is 0 Å². The van der Waals surface area contributed by atoms with Gasteiger partial charge in [-0.3, -0.25) is 0 Å². The standard InChI is InChI=1S/C13H22N2/c1-10(2)6-7-11-8-12(13(3,4)5)15-9-14-11/h8-10H,6-7H2,1-5H3. The molecule has 0 unspecified atom stereocenters. The molecule has 84 valence electrons. The van der Waals surface area contributed by atoms with E-state index >= 15 is 0 Å². The van der Waals surface area contributed by atoms with E-state index in [1.807, 2.05) is 0 Å². The van der Waals surface area contributed by atoms with Crippen LogP contribution in [0.4, 0.5) is 0 Å². The summed E-state index contributed by atoms with van der Waals surface area (Å²) in [4.78, 5) is 8.64. The Morgan fingerprint density at radius 1 is 1.20 bits per heavy atom. The molecular formula is C13H22N2. The van der Waals surface area contributed by atoms with Gasteiger partial charge in [0.15, 0.2) is 0 Å². The maximum absolute atomic E-state index is 4.33. The fraction of sp³-hybridized carbons (Fsp3) is 0.692. The van der Waals surface area contributed by atoms with Crippen LogP contribution in [0.25, 0.3) is 0 Å². The molecule has 1 rings (SSSR count). The van der Waals surface area contributed by atoms with Crippen LogP contribution in [0.2, 0.25) is 0 Å². The summed E-state index contributed by atoms with van der Waals surface area (Å²) in [5, 5.41) is 0. The molecule has 2 nitrogen and oxygen atoms in total. The van der Waals surface area contributed by atoms with Crippen molar-refractivity contribution in [1.29, 1.82) is 0 Å². The largest absolute Gasteiger partial charge is 0.241 e. The summed E-state index contributed by atoms with van der Waals surface area (Å²) in [5.74, 6) is 0.734. The van der Waals surface area contributed by atoms with Crippen molar-refractivity contribution in [2.75, 3.05) is 0 Å². The Bertz CT molecular complexity index is 311. The molecule has 0 saturated carbocycles. The Kier molecular flexibility index (Phi) is 3.83. The number of hydrogen-bond donors (Lipinski definition) is 0. The Balaban J connectivity index is 2.75. The summed E-state index contributed by atoms with van der Waals surface area (Å²) in [7, 11) is 0. The van der Waals surface area contributed by atoms with Gasteiger partial charge < -0.3 is 0 Å². The number of aromatic nitrogens is 2. The first kappa shape index (κ1) is 12.2. The SMILES string of the molecule is CC(C)CCc1cc(C(C)(C)C)ncn1. The molecule has 1 aromatic rings. The summed E-state index contributed by atoms with van der Waals surface area (Å²) < 4.78 is 0. The van der Waals surface area contributed by atoms with E-state index in [2.05, 4.69) is 50.7 Å². The molecule has 0 aliphatic carbocycles. The summed E-state index contributed by atoms with van der Waals surface area (Å²) in [6.07, 6.45) is 3.94. The molecule has 0 spiro atoms. The first-order chi connectivity index (χ1) is 6.89. The van der Waals surface area contributed by atoms with Gasteiger partial charge in [-0.1, -0.05) is 34.6 Å². The highest BCUT2D eigenvalue weighted by atomic mass is 14.8. The Hall–Kier alpha value is -0.920. The van der Waals surface area contributed by atoms with Crippen LogP contribution < -0.4 is 0 Å². The van der Waals surface area contributed by atoms with E-state index in [1.54, 1.807) is 6.33 Å². The van der Waals surface area contributed by atoms with Gasteiger partial charge in [-0.15, -0.1) is 0 Å². The first-order valence-electron chi connectivity index (χ1n) is 5.71. The number of hydrogen-bond acceptors (Lipinski definition) is 2. The second-order valence-corrected chi connectivity index (χ2v) is 5.58. The van der Waals surface area contributed by atoms with E-state index in [0.717, 1.165) is 18.0 Å². The van der Waals surface area contributed by atoms with E-state index in [1.165, 1.54) is 12.1 Å². The van der Waals surface area contributed by atoms with Gasteiger partial charge in [-0.2, -0.15) is 0 Å². The minimum Gasteiger partial charge on any atom is -0.241 e. The molecule has 0 N–H and O–H groups in total. The number of aryl methyl sites for hydroxylation is 1. The quantitative estimate of drug-likeness (QED) is 0.758. The predicted octanol–water partition coefficient (Wildman–Crippen LogP) is 3.36. The van der Waals surface area contributed by atoms with E-state index in [-0.39, 0.29) is 5.41 Å². The molecule has 0 fully saturated rings. The Morgan fingerprint density at radius 2 is 1.87 bits per heavy atom. The highest BCUT2D eigenvalue weighted by Crippen LogP contribution is 2.20. The van der Waals surface area contributed by atoms with Crippen LogP contribution in [-0.2, 0) is 11.8 Å². The van der Waals surface area contributed by atoms with Gasteiger partial charge >= 0.3 is 0 Å². The summed E-state index contributed by atoms with van der Waals surface area (Å²) in [6.45, 7) is 11.0. The minimum atomic E-state index is 0.121. The fourth-order valence-corrected chi connectivity index (χ4v) is 1.38. The van der Waals surface area contributed by atoms with E-state index in [0.29, 0.717) is 0 Å². The van der Waals surface area contributed by atoms with Crippen molar-refractivity contribution in [2.45, 2.75) is 52.9 Å². The highest BCUT2D eigenvalue weighted by Gasteiger charge is 2.15. The molecule has 0 saturated heterocycles. The third kappa shape index (κ3) is 3.98. The van der Waals surface area contributed by atoms with Crippen LogP contribution in [0.15, 0.2) is 12.4 Å². The summed E-state index contributed by atoms with van der Waals surface area (Å²) in [5.41, 5.74) is 2.43. The molecule has 0 aromatic carbocycles. The second-order valence-electron chi connectivity index (χ2n) is 5.58. The monoisotopic (exact) mass is 206 g/mol. The average molecular weight is 206 g/mol. The lowest BCUT2D eigenvalue weighted by Crippen LogP contribution is -2.14. The zero-order chi connectivity index (χ0) is 11.5. The maximum Gasteiger partial charge on any atom is 0.115 e. The Morgan fingerprint density at radius 3 is 2.40 bits per heavy atom. The lowest BCUT2D eigenvalue weighted by Gasteiger charge is -2.17. The predicted molar refractivity (Wildman–Crippen MR) is 63.9 cm³/mol. The van der Waals surface area contributed by atoms with Crippen LogP contribution in [0.5, 0.6) is 0 Å². The van der Waals surface area contributed by atoms with Crippen LogP contribution >= 0.6 is 0 Å². The van der Waals surface area contributed by atoms with E-state index in [9.17, 15) is 0 Å². The van der Waals surface area contributed by atoms with Crippen molar-refractivity contribution in [1.82, 2.24) is 9.97 Å². The van der Waals surface area contributed by atoms with Crippen molar-refractivity contribution >= 4 is 0 Å². The molecule has 0 bridgehead atoms. The van der Waals surface area contributed by atoms with Gasteiger partial charge in [0, 0.05) is 16.8 Å². The number of rotatable bonds is 3. The van der Waals surface area contributed by atoms with Crippen LogP contribution in [0.1, 0.15) is 52.4 Å². The van der Waals surface area contributed by atoms with Crippen LogP contribution in [0, 0.1) is 5.92 Å². The van der Waals surface area contributed by atoms with Crippen molar-refractivity contribution in [3.63, 3.8) is 0 Å². The van der Waals surface area contributed by atoms with Gasteiger partial charge in [-0.25, -0.2) is 9.97 Å².